The van der Waals surface area contributed by atoms with Crippen LogP contribution in [0, 0.1) is 6.92 Å². The molecular formula is C23H27N5. The molecule has 1 aromatic carbocycles. The average Bonchev–Trinajstić information content (AvgIpc) is 3.33. The van der Waals surface area contributed by atoms with Crippen molar-refractivity contribution in [1.29, 1.82) is 0 Å². The highest BCUT2D eigenvalue weighted by atomic mass is 15.1. The van der Waals surface area contributed by atoms with E-state index in [0.29, 0.717) is 11.9 Å². The molecule has 0 bridgehead atoms. The summed E-state index contributed by atoms with van der Waals surface area (Å²) >= 11 is 0. The maximum atomic E-state index is 5.99. The van der Waals surface area contributed by atoms with Crippen molar-refractivity contribution < 1.29 is 0 Å². The molecule has 28 heavy (non-hydrogen) atoms. The Morgan fingerprint density at radius 1 is 1.21 bits per heavy atom. The van der Waals surface area contributed by atoms with Gasteiger partial charge < -0.3 is 15.6 Å². The van der Waals surface area contributed by atoms with Crippen LogP contribution in [0.4, 0.5) is 5.82 Å². The van der Waals surface area contributed by atoms with Crippen molar-refractivity contribution in [1.82, 2.24) is 19.9 Å². The van der Waals surface area contributed by atoms with Crippen molar-refractivity contribution in [3.05, 3.63) is 64.6 Å². The van der Waals surface area contributed by atoms with Crippen molar-refractivity contribution in [2.24, 2.45) is 0 Å². The van der Waals surface area contributed by atoms with Gasteiger partial charge >= 0.3 is 0 Å². The third kappa shape index (κ3) is 3.10. The summed E-state index contributed by atoms with van der Waals surface area (Å²) in [5.74, 6) is 0.559. The van der Waals surface area contributed by atoms with Gasteiger partial charge in [0.15, 0.2) is 0 Å². The molecule has 0 spiro atoms. The predicted molar refractivity (Wildman–Crippen MR) is 113 cm³/mol. The minimum atomic E-state index is 0.370. The van der Waals surface area contributed by atoms with Gasteiger partial charge in [-0.2, -0.15) is 0 Å². The Labute approximate surface area is 165 Å². The number of nitrogen functional groups attached to an aromatic ring is 1. The van der Waals surface area contributed by atoms with E-state index in [2.05, 4.69) is 51.2 Å². The number of fused-ring (bicyclic) bond motifs is 2. The number of nitrogens with zero attached hydrogens (tertiary/aromatic N) is 3. The molecule has 3 aromatic rings. The van der Waals surface area contributed by atoms with Gasteiger partial charge in [0.1, 0.15) is 17.8 Å². The molecule has 2 aromatic heterocycles. The second-order valence-electron chi connectivity index (χ2n) is 8.14. The molecule has 0 amide bonds. The highest BCUT2D eigenvalue weighted by Crippen LogP contribution is 2.34. The van der Waals surface area contributed by atoms with Crippen LogP contribution in [-0.2, 0) is 19.4 Å². The Bertz CT molecular complexity index is 1060. The lowest BCUT2D eigenvalue weighted by molar-refractivity contribution is 0.603. The van der Waals surface area contributed by atoms with Crippen LogP contribution in [0.2, 0.25) is 0 Å². The Balaban J connectivity index is 1.35. The SMILES string of the molecule is Cc1cc2c(c(CCC3=C[C@@H](n4ccc5c(N)ncnc54)CC3)c1)CNCC2. The van der Waals surface area contributed by atoms with Crippen molar-refractivity contribution >= 4 is 16.9 Å². The smallest absolute Gasteiger partial charge is 0.146 e. The van der Waals surface area contributed by atoms with Crippen molar-refractivity contribution in [2.75, 3.05) is 12.3 Å². The summed E-state index contributed by atoms with van der Waals surface area (Å²) in [7, 11) is 0. The molecule has 0 saturated heterocycles. The fourth-order valence-corrected chi connectivity index (χ4v) is 4.83. The maximum Gasteiger partial charge on any atom is 0.146 e. The average molecular weight is 374 g/mol. The topological polar surface area (TPSA) is 68.8 Å². The highest BCUT2D eigenvalue weighted by Gasteiger charge is 2.20. The van der Waals surface area contributed by atoms with Crippen LogP contribution in [0.3, 0.4) is 0 Å². The van der Waals surface area contributed by atoms with Crippen LogP contribution >= 0.6 is 0 Å². The Morgan fingerprint density at radius 2 is 2.14 bits per heavy atom. The summed E-state index contributed by atoms with van der Waals surface area (Å²) in [5, 5.41) is 4.48. The number of benzene rings is 1. The first kappa shape index (κ1) is 17.4. The summed E-state index contributed by atoms with van der Waals surface area (Å²) in [6, 6.07) is 7.16. The van der Waals surface area contributed by atoms with Gasteiger partial charge in [0, 0.05) is 12.7 Å². The van der Waals surface area contributed by atoms with Gasteiger partial charge in [-0.05, 0) is 68.3 Å². The first-order valence-electron chi connectivity index (χ1n) is 10.3. The number of rotatable bonds is 4. The molecule has 5 rings (SSSR count). The number of aromatic nitrogens is 3. The van der Waals surface area contributed by atoms with Crippen LogP contribution in [0.1, 0.15) is 47.6 Å². The van der Waals surface area contributed by atoms with E-state index in [1.54, 1.807) is 17.5 Å². The zero-order valence-corrected chi connectivity index (χ0v) is 16.4. The van der Waals surface area contributed by atoms with Crippen LogP contribution in [-0.4, -0.2) is 21.1 Å². The molecule has 5 nitrogen and oxygen atoms in total. The molecule has 1 atom stereocenters. The van der Waals surface area contributed by atoms with Crippen LogP contribution in [0.25, 0.3) is 11.0 Å². The highest BCUT2D eigenvalue weighted by molar-refractivity contribution is 5.86. The van der Waals surface area contributed by atoms with Crippen LogP contribution < -0.4 is 11.1 Å². The van der Waals surface area contributed by atoms with E-state index in [4.69, 9.17) is 5.73 Å². The fourth-order valence-electron chi connectivity index (χ4n) is 4.83. The molecule has 1 aliphatic heterocycles. The first-order chi connectivity index (χ1) is 13.7. The van der Waals surface area contributed by atoms with E-state index in [0.717, 1.165) is 56.2 Å². The summed E-state index contributed by atoms with van der Waals surface area (Å²) < 4.78 is 2.25. The van der Waals surface area contributed by atoms with Gasteiger partial charge in [0.05, 0.1) is 11.4 Å². The molecule has 3 heterocycles. The number of nitrogens with one attached hydrogen (secondary N) is 1. The van der Waals surface area contributed by atoms with E-state index >= 15 is 0 Å². The molecule has 2 aliphatic rings. The molecule has 144 valence electrons. The monoisotopic (exact) mass is 373 g/mol. The molecular weight excluding hydrogens is 346 g/mol. The minimum absolute atomic E-state index is 0.370. The molecule has 1 aliphatic carbocycles. The first-order valence-corrected chi connectivity index (χ1v) is 10.3. The summed E-state index contributed by atoms with van der Waals surface area (Å²) in [5.41, 5.74) is 14.5. The van der Waals surface area contributed by atoms with E-state index in [9.17, 15) is 0 Å². The predicted octanol–water partition coefficient (Wildman–Crippen LogP) is 3.86. The number of aryl methyl sites for hydroxylation is 2. The molecule has 5 heteroatoms. The zero-order chi connectivity index (χ0) is 19.1. The number of hydrogen-bond acceptors (Lipinski definition) is 4. The zero-order valence-electron chi connectivity index (χ0n) is 16.4. The van der Waals surface area contributed by atoms with Gasteiger partial charge in [-0.1, -0.05) is 29.3 Å². The lowest BCUT2D eigenvalue weighted by Crippen LogP contribution is -2.25. The maximum absolute atomic E-state index is 5.99. The number of nitrogens with two attached hydrogens (primary N) is 1. The quantitative estimate of drug-likeness (QED) is 0.682. The Hall–Kier alpha value is -2.66. The number of anilines is 1. The van der Waals surface area contributed by atoms with Gasteiger partial charge in [-0.3, -0.25) is 0 Å². The minimum Gasteiger partial charge on any atom is -0.383 e. The van der Waals surface area contributed by atoms with Crippen molar-refractivity contribution in [2.45, 2.75) is 51.6 Å². The molecule has 0 fully saturated rings. The summed E-state index contributed by atoms with van der Waals surface area (Å²) in [4.78, 5) is 8.56. The second kappa shape index (κ2) is 7.06. The van der Waals surface area contributed by atoms with Crippen molar-refractivity contribution in [3.63, 3.8) is 0 Å². The fraction of sp³-hybridized carbons (Fsp3) is 0.391. The summed E-state index contributed by atoms with van der Waals surface area (Å²) in [6.07, 6.45) is 11.8. The Morgan fingerprint density at radius 3 is 3.07 bits per heavy atom. The third-order valence-corrected chi connectivity index (χ3v) is 6.25. The normalized spacial score (nSPS) is 19.0. The molecule has 3 N–H and O–H groups in total. The standard InChI is InChI=1S/C23H27N5/c1-15-10-17(21-13-25-8-6-18(21)11-15)4-2-16-3-5-19(12-16)28-9-7-20-22(24)26-14-27-23(20)28/h7,9-12,14,19,25H,2-6,8,13H2,1H3,(H2,24,26,27)/t19-/m0/s1. The third-order valence-electron chi connectivity index (χ3n) is 6.25. The van der Waals surface area contributed by atoms with Crippen LogP contribution in [0.5, 0.6) is 0 Å². The summed E-state index contributed by atoms with van der Waals surface area (Å²) in [6.45, 7) is 4.34. The second-order valence-corrected chi connectivity index (χ2v) is 8.14. The van der Waals surface area contributed by atoms with Gasteiger partial charge in [-0.15, -0.1) is 0 Å². The molecule has 0 unspecified atom stereocenters. The van der Waals surface area contributed by atoms with E-state index < -0.39 is 0 Å². The van der Waals surface area contributed by atoms with E-state index in [1.807, 2.05) is 6.07 Å². The lowest BCUT2D eigenvalue weighted by Gasteiger charge is -2.21. The lowest BCUT2D eigenvalue weighted by atomic mass is 9.90. The van der Waals surface area contributed by atoms with Crippen LogP contribution in [0.15, 0.2) is 42.4 Å². The Kier molecular flexibility index (Phi) is 4.40. The molecule has 0 saturated carbocycles. The van der Waals surface area contributed by atoms with Gasteiger partial charge in [0.25, 0.3) is 0 Å². The van der Waals surface area contributed by atoms with E-state index in [1.165, 1.54) is 16.7 Å². The molecule has 0 radical (unpaired) electrons. The van der Waals surface area contributed by atoms with E-state index in [-0.39, 0.29) is 0 Å². The van der Waals surface area contributed by atoms with Gasteiger partial charge in [0.2, 0.25) is 0 Å². The number of allylic oxidation sites excluding steroid dienone is 2. The largest absolute Gasteiger partial charge is 0.383 e. The number of hydrogen-bond donors (Lipinski definition) is 2. The van der Waals surface area contributed by atoms with Gasteiger partial charge in [-0.25, -0.2) is 9.97 Å². The van der Waals surface area contributed by atoms with Crippen molar-refractivity contribution in [3.8, 4) is 0 Å².